The molecule has 0 aliphatic carbocycles. The van der Waals surface area contributed by atoms with Gasteiger partial charge >= 0.3 is 5.97 Å². The molecule has 130 valence electrons. The molecule has 1 aliphatic rings. The third-order valence-electron chi connectivity index (χ3n) is 3.91. The summed E-state index contributed by atoms with van der Waals surface area (Å²) in [7, 11) is -2.27. The van der Waals surface area contributed by atoms with Gasteiger partial charge in [0.1, 0.15) is 4.21 Å². The van der Waals surface area contributed by atoms with Crippen molar-refractivity contribution < 1.29 is 17.9 Å². The minimum atomic E-state index is -3.60. The summed E-state index contributed by atoms with van der Waals surface area (Å²) in [5, 5.41) is 4.58. The molecular weight excluding hydrogens is 372 g/mol. The summed E-state index contributed by atoms with van der Waals surface area (Å²) in [4.78, 5) is 11.4. The van der Waals surface area contributed by atoms with E-state index >= 15 is 0 Å². The molecule has 0 bridgehead atoms. The highest BCUT2D eigenvalue weighted by Gasteiger charge is 2.32. The zero-order valence-corrected chi connectivity index (χ0v) is 15.4. The predicted molar refractivity (Wildman–Crippen MR) is 94.0 cm³/mol. The third kappa shape index (κ3) is 3.57. The SMILES string of the molecule is COC(=O)CC1CN(S(=O)(=O)c2cc3ccc(Cl)cc3s2)CCN1. The molecule has 0 amide bonds. The fourth-order valence-electron chi connectivity index (χ4n) is 2.67. The summed E-state index contributed by atoms with van der Waals surface area (Å²) >= 11 is 7.17. The predicted octanol–water partition coefficient (Wildman–Crippen LogP) is 2.08. The highest BCUT2D eigenvalue weighted by molar-refractivity contribution is 7.91. The Morgan fingerprint density at radius 1 is 1.46 bits per heavy atom. The van der Waals surface area contributed by atoms with Crippen LogP contribution in [0.1, 0.15) is 6.42 Å². The molecule has 6 nitrogen and oxygen atoms in total. The summed E-state index contributed by atoms with van der Waals surface area (Å²) < 4.78 is 33.0. The lowest BCUT2D eigenvalue weighted by molar-refractivity contribution is -0.141. The molecule has 1 aromatic heterocycles. The number of thiophene rings is 1. The number of halogens is 1. The Bertz CT molecular complexity index is 865. The zero-order chi connectivity index (χ0) is 17.3. The summed E-state index contributed by atoms with van der Waals surface area (Å²) in [6.07, 6.45) is 0.143. The first kappa shape index (κ1) is 17.6. The average Bonchev–Trinajstić information content (AvgIpc) is 2.99. The van der Waals surface area contributed by atoms with Crippen LogP contribution < -0.4 is 5.32 Å². The van der Waals surface area contributed by atoms with E-state index in [1.807, 2.05) is 6.07 Å². The number of nitrogens with one attached hydrogen (secondary N) is 1. The largest absolute Gasteiger partial charge is 0.469 e. The fourth-order valence-corrected chi connectivity index (χ4v) is 5.98. The van der Waals surface area contributed by atoms with Crippen LogP contribution in [0.3, 0.4) is 0 Å². The fraction of sp³-hybridized carbons (Fsp3) is 0.400. The van der Waals surface area contributed by atoms with Gasteiger partial charge in [-0.1, -0.05) is 17.7 Å². The van der Waals surface area contributed by atoms with Crippen molar-refractivity contribution in [1.29, 1.82) is 0 Å². The maximum Gasteiger partial charge on any atom is 0.307 e. The van der Waals surface area contributed by atoms with E-state index in [1.54, 1.807) is 18.2 Å². The Morgan fingerprint density at radius 2 is 2.25 bits per heavy atom. The molecule has 24 heavy (non-hydrogen) atoms. The van der Waals surface area contributed by atoms with Crippen molar-refractivity contribution in [3.05, 3.63) is 29.3 Å². The van der Waals surface area contributed by atoms with Crippen LogP contribution in [0, 0.1) is 0 Å². The van der Waals surface area contributed by atoms with Gasteiger partial charge in [0.2, 0.25) is 0 Å². The average molecular weight is 389 g/mol. The number of sulfonamides is 1. The number of hydrogen-bond acceptors (Lipinski definition) is 6. The normalized spacial score (nSPS) is 19.5. The first-order valence-electron chi connectivity index (χ1n) is 7.39. The molecule has 1 aromatic carbocycles. The van der Waals surface area contributed by atoms with Crippen LogP contribution in [-0.2, 0) is 19.6 Å². The molecule has 1 unspecified atom stereocenters. The number of nitrogens with zero attached hydrogens (tertiary/aromatic N) is 1. The molecule has 2 heterocycles. The first-order chi connectivity index (χ1) is 11.4. The number of piperazine rings is 1. The van der Waals surface area contributed by atoms with Gasteiger partial charge in [0.15, 0.2) is 0 Å². The van der Waals surface area contributed by atoms with Crippen molar-refractivity contribution in [1.82, 2.24) is 9.62 Å². The van der Waals surface area contributed by atoms with Crippen molar-refractivity contribution >= 4 is 49.0 Å². The van der Waals surface area contributed by atoms with Crippen molar-refractivity contribution in [3.8, 4) is 0 Å². The Labute approximate surface area is 149 Å². The Morgan fingerprint density at radius 3 is 3.00 bits per heavy atom. The van der Waals surface area contributed by atoms with E-state index in [0.717, 1.165) is 10.1 Å². The molecule has 1 atom stereocenters. The summed E-state index contributed by atoms with van der Waals surface area (Å²) in [6.45, 7) is 1.11. The molecule has 0 saturated carbocycles. The summed E-state index contributed by atoms with van der Waals surface area (Å²) in [5.74, 6) is -0.358. The monoisotopic (exact) mass is 388 g/mol. The van der Waals surface area contributed by atoms with Crippen LogP contribution in [-0.4, -0.2) is 51.5 Å². The third-order valence-corrected chi connectivity index (χ3v) is 7.56. The van der Waals surface area contributed by atoms with Crippen molar-refractivity contribution in [2.24, 2.45) is 0 Å². The zero-order valence-electron chi connectivity index (χ0n) is 13.0. The van der Waals surface area contributed by atoms with Gasteiger partial charge in [0.05, 0.1) is 13.5 Å². The van der Waals surface area contributed by atoms with Crippen LogP contribution in [0.2, 0.25) is 5.02 Å². The maximum absolute atomic E-state index is 12.9. The molecule has 1 saturated heterocycles. The molecular formula is C15H17ClN2O4S2. The topological polar surface area (TPSA) is 75.7 Å². The number of benzene rings is 1. The highest BCUT2D eigenvalue weighted by atomic mass is 35.5. The molecule has 1 N–H and O–H groups in total. The number of carbonyl (C=O) groups is 1. The lowest BCUT2D eigenvalue weighted by atomic mass is 10.2. The number of rotatable bonds is 4. The summed E-state index contributed by atoms with van der Waals surface area (Å²) in [6, 6.07) is 6.74. The number of fused-ring (bicyclic) bond motifs is 1. The lowest BCUT2D eigenvalue weighted by Crippen LogP contribution is -2.53. The standard InChI is InChI=1S/C15H17ClN2O4S2/c1-22-14(19)8-12-9-18(5-4-17-12)24(20,21)15-6-10-2-3-11(16)7-13(10)23-15/h2-3,6-7,12,17H,4-5,8-9H2,1H3. The van der Waals surface area contributed by atoms with E-state index in [2.05, 4.69) is 10.1 Å². The summed E-state index contributed by atoms with van der Waals surface area (Å²) in [5.41, 5.74) is 0. The van der Waals surface area contributed by atoms with Crippen molar-refractivity contribution in [2.45, 2.75) is 16.7 Å². The first-order valence-corrected chi connectivity index (χ1v) is 10.0. The van der Waals surface area contributed by atoms with Crippen LogP contribution in [0.4, 0.5) is 0 Å². The number of methoxy groups -OCH3 is 1. The van der Waals surface area contributed by atoms with Gasteiger partial charge in [-0.3, -0.25) is 4.79 Å². The number of carbonyl (C=O) groups excluding carboxylic acids is 1. The van der Waals surface area contributed by atoms with E-state index in [9.17, 15) is 13.2 Å². The van der Waals surface area contributed by atoms with Crippen LogP contribution in [0.5, 0.6) is 0 Å². The number of esters is 1. The molecule has 0 spiro atoms. The number of ether oxygens (including phenoxy) is 1. The van der Waals surface area contributed by atoms with Gasteiger partial charge in [-0.25, -0.2) is 8.42 Å². The second kappa shape index (κ2) is 6.97. The van der Waals surface area contributed by atoms with Crippen molar-refractivity contribution in [2.75, 3.05) is 26.7 Å². The van der Waals surface area contributed by atoms with E-state index in [1.165, 1.54) is 22.8 Å². The van der Waals surface area contributed by atoms with Crippen molar-refractivity contribution in [3.63, 3.8) is 0 Å². The molecule has 9 heteroatoms. The van der Waals surface area contributed by atoms with Gasteiger partial charge < -0.3 is 10.1 Å². The lowest BCUT2D eigenvalue weighted by Gasteiger charge is -2.32. The molecule has 1 fully saturated rings. The van der Waals surface area contributed by atoms with E-state index in [0.29, 0.717) is 22.3 Å². The van der Waals surface area contributed by atoms with Crippen LogP contribution in [0.15, 0.2) is 28.5 Å². The highest BCUT2D eigenvalue weighted by Crippen LogP contribution is 2.33. The van der Waals surface area contributed by atoms with Crippen LogP contribution in [0.25, 0.3) is 10.1 Å². The molecule has 0 radical (unpaired) electrons. The maximum atomic E-state index is 12.9. The van der Waals surface area contributed by atoms with Crippen LogP contribution >= 0.6 is 22.9 Å². The molecule has 2 aromatic rings. The minimum absolute atomic E-state index is 0.143. The van der Waals surface area contributed by atoms with E-state index < -0.39 is 10.0 Å². The van der Waals surface area contributed by atoms with Gasteiger partial charge in [0.25, 0.3) is 10.0 Å². The Kier molecular flexibility index (Phi) is 5.12. The smallest absolute Gasteiger partial charge is 0.307 e. The van der Waals surface area contributed by atoms with Gasteiger partial charge in [-0.15, -0.1) is 11.3 Å². The Balaban J connectivity index is 1.84. The van der Waals surface area contributed by atoms with Gasteiger partial charge in [-0.2, -0.15) is 4.31 Å². The second-order valence-corrected chi connectivity index (χ2v) is 9.23. The Hall–Kier alpha value is -1.19. The minimum Gasteiger partial charge on any atom is -0.469 e. The van der Waals surface area contributed by atoms with Gasteiger partial charge in [-0.05, 0) is 23.6 Å². The van der Waals surface area contributed by atoms with Gasteiger partial charge in [0, 0.05) is 35.4 Å². The second-order valence-electron chi connectivity index (χ2n) is 5.54. The molecule has 1 aliphatic heterocycles. The molecule has 3 rings (SSSR count). The quantitative estimate of drug-likeness (QED) is 0.811. The van der Waals surface area contributed by atoms with E-state index in [-0.39, 0.29) is 25.0 Å². The number of hydrogen-bond donors (Lipinski definition) is 1. The van der Waals surface area contributed by atoms with E-state index in [4.69, 9.17) is 11.6 Å².